The third-order valence-corrected chi connectivity index (χ3v) is 13.0. The standard InChI is InChI=1S/C54H40N3O2.Pt/c1-53(2)43-28-15-13-25-40(43)50-48(54(53,3)4)38-23-11-12-24-39(38)49(56-50)44-32-57(52(55-44)42-30-41-37-22-14-16-29-46(37)59-47(41)31-45(42)58)51-35(33-18-7-5-8-19-33)26-17-27-36(51)34-20-9-6-10-21-34;/h5-24,26-32,58H,1-4H3;/q-1;. The van der Waals surface area contributed by atoms with Gasteiger partial charge in [-0.25, -0.2) is 4.98 Å². The van der Waals surface area contributed by atoms with Crippen LogP contribution in [0.25, 0.3) is 94.7 Å². The number of hydrogen-bond donors (Lipinski definition) is 1. The normalized spacial score (nSPS) is 13.9. The Morgan fingerprint density at radius 1 is 0.567 bits per heavy atom. The van der Waals surface area contributed by atoms with E-state index in [1.54, 1.807) is 6.07 Å². The molecular formula is C54H40N3O2Pt-. The molecule has 0 spiro atoms. The third kappa shape index (κ3) is 5.56. The summed E-state index contributed by atoms with van der Waals surface area (Å²) in [4.78, 5) is 11.2. The molecule has 7 aromatic carbocycles. The van der Waals surface area contributed by atoms with Crippen LogP contribution in [-0.4, -0.2) is 19.6 Å². The second-order valence-corrected chi connectivity index (χ2v) is 16.7. The van der Waals surface area contributed by atoms with Crippen LogP contribution in [0, 0.1) is 6.07 Å². The van der Waals surface area contributed by atoms with Gasteiger partial charge in [0, 0.05) is 60.6 Å². The number of furan rings is 1. The third-order valence-electron chi connectivity index (χ3n) is 13.0. The Morgan fingerprint density at radius 3 is 1.90 bits per heavy atom. The van der Waals surface area contributed by atoms with Crippen LogP contribution < -0.4 is 0 Å². The number of imidazole rings is 1. The van der Waals surface area contributed by atoms with Gasteiger partial charge >= 0.3 is 0 Å². The van der Waals surface area contributed by atoms with E-state index < -0.39 is 0 Å². The van der Waals surface area contributed by atoms with Crippen LogP contribution in [0.3, 0.4) is 0 Å². The van der Waals surface area contributed by atoms with E-state index in [4.69, 9.17) is 14.4 Å². The van der Waals surface area contributed by atoms with Crippen molar-refractivity contribution in [2.24, 2.45) is 0 Å². The van der Waals surface area contributed by atoms with Gasteiger partial charge in [0.25, 0.3) is 0 Å². The largest absolute Gasteiger partial charge is 0.507 e. The Kier molecular flexibility index (Phi) is 8.82. The molecule has 1 N–H and O–H groups in total. The number of para-hydroxylation sites is 2. The van der Waals surface area contributed by atoms with Crippen molar-refractivity contribution in [2.75, 3.05) is 0 Å². The minimum absolute atomic E-state index is 0. The molecule has 3 heterocycles. The first-order chi connectivity index (χ1) is 28.7. The first-order valence-corrected chi connectivity index (χ1v) is 20.1. The van der Waals surface area contributed by atoms with Crippen molar-refractivity contribution in [1.29, 1.82) is 0 Å². The van der Waals surface area contributed by atoms with E-state index in [9.17, 15) is 5.11 Å². The van der Waals surface area contributed by atoms with Crippen LogP contribution in [0.15, 0.2) is 168 Å². The van der Waals surface area contributed by atoms with Gasteiger partial charge in [-0.05, 0) is 45.2 Å². The molecule has 0 saturated carbocycles. The SMILES string of the molecule is CC1(C)c2ccc[c-]c2-c2nc(-c3cn(-c4c(-c5ccccc5)cccc4-c4ccccc4)c(-c4cc5c(cc4O)oc4ccccc45)n3)c3ccccc3c2C1(C)C.[Pt]. The summed E-state index contributed by atoms with van der Waals surface area (Å²) >= 11 is 0. The predicted octanol–water partition coefficient (Wildman–Crippen LogP) is 13.7. The number of benzene rings is 7. The Balaban J connectivity index is 0.00000433. The average Bonchev–Trinajstić information content (AvgIpc) is 3.86. The van der Waals surface area contributed by atoms with E-state index >= 15 is 0 Å². The molecular weight excluding hydrogens is 918 g/mol. The number of fused-ring (bicyclic) bond motifs is 8. The van der Waals surface area contributed by atoms with Gasteiger partial charge in [0.15, 0.2) is 0 Å². The van der Waals surface area contributed by atoms with Gasteiger partial charge in [-0.2, -0.15) is 0 Å². The fourth-order valence-corrected chi connectivity index (χ4v) is 9.37. The monoisotopic (exact) mass is 957 g/mol. The van der Waals surface area contributed by atoms with Gasteiger partial charge in [-0.3, -0.25) is 9.55 Å². The molecule has 0 radical (unpaired) electrons. The summed E-state index contributed by atoms with van der Waals surface area (Å²) in [6, 6.07) is 57.6. The van der Waals surface area contributed by atoms with Crippen LogP contribution in [0.1, 0.15) is 38.8 Å². The maximum atomic E-state index is 12.0. The number of phenolic OH excluding ortho intramolecular Hbond substituents is 1. The number of phenols is 1. The van der Waals surface area contributed by atoms with Crippen LogP contribution in [0.5, 0.6) is 5.75 Å². The number of hydrogen-bond acceptors (Lipinski definition) is 4. The minimum atomic E-state index is -0.256. The topological polar surface area (TPSA) is 64.1 Å². The zero-order valence-corrected chi connectivity index (χ0v) is 35.9. The van der Waals surface area contributed by atoms with Crippen LogP contribution in [-0.2, 0) is 31.9 Å². The molecule has 10 aromatic rings. The smallest absolute Gasteiger partial charge is 0.149 e. The fourth-order valence-electron chi connectivity index (χ4n) is 9.37. The second-order valence-electron chi connectivity index (χ2n) is 16.7. The Bertz CT molecular complexity index is 3230. The molecule has 0 fully saturated rings. The number of aromatic hydroxyl groups is 1. The predicted molar refractivity (Wildman–Crippen MR) is 240 cm³/mol. The van der Waals surface area contributed by atoms with Gasteiger partial charge in [-0.1, -0.05) is 155 Å². The van der Waals surface area contributed by atoms with Crippen molar-refractivity contribution in [2.45, 2.75) is 38.5 Å². The molecule has 0 atom stereocenters. The molecule has 0 bridgehead atoms. The molecule has 60 heavy (non-hydrogen) atoms. The van der Waals surface area contributed by atoms with Crippen molar-refractivity contribution in [3.05, 3.63) is 181 Å². The van der Waals surface area contributed by atoms with Gasteiger partial charge in [-0.15, -0.1) is 35.4 Å². The molecule has 3 aromatic heterocycles. The first kappa shape index (κ1) is 37.7. The van der Waals surface area contributed by atoms with E-state index in [1.807, 2.05) is 42.5 Å². The maximum Gasteiger partial charge on any atom is 0.149 e. The Morgan fingerprint density at radius 2 is 1.20 bits per heavy atom. The van der Waals surface area contributed by atoms with E-state index in [1.165, 1.54) is 11.1 Å². The Labute approximate surface area is 363 Å². The number of nitrogens with zero attached hydrogens (tertiary/aromatic N) is 3. The molecule has 294 valence electrons. The van der Waals surface area contributed by atoms with Crippen molar-refractivity contribution < 1.29 is 30.6 Å². The van der Waals surface area contributed by atoms with Gasteiger partial charge in [0.1, 0.15) is 28.4 Å². The average molecular weight is 958 g/mol. The molecule has 6 heteroatoms. The van der Waals surface area contributed by atoms with E-state index in [0.717, 1.165) is 72.0 Å². The summed E-state index contributed by atoms with van der Waals surface area (Å²) < 4.78 is 8.39. The van der Waals surface area contributed by atoms with Crippen molar-refractivity contribution in [3.8, 4) is 67.7 Å². The summed E-state index contributed by atoms with van der Waals surface area (Å²) in [7, 11) is 0. The fraction of sp³-hybridized carbons (Fsp3) is 0.111. The van der Waals surface area contributed by atoms with E-state index in [0.29, 0.717) is 22.7 Å². The van der Waals surface area contributed by atoms with Crippen molar-refractivity contribution in [3.63, 3.8) is 0 Å². The molecule has 1 aliphatic rings. The van der Waals surface area contributed by atoms with Crippen molar-refractivity contribution in [1.82, 2.24) is 14.5 Å². The number of pyridine rings is 1. The van der Waals surface area contributed by atoms with E-state index in [-0.39, 0.29) is 37.6 Å². The van der Waals surface area contributed by atoms with Crippen LogP contribution in [0.2, 0.25) is 0 Å². The van der Waals surface area contributed by atoms with Crippen molar-refractivity contribution >= 4 is 32.7 Å². The van der Waals surface area contributed by atoms with E-state index in [2.05, 4.69) is 154 Å². The molecule has 11 rings (SSSR count). The molecule has 0 unspecified atom stereocenters. The summed E-state index contributed by atoms with van der Waals surface area (Å²) in [5, 5.41) is 16.1. The second kappa shape index (κ2) is 14.0. The summed E-state index contributed by atoms with van der Waals surface area (Å²) in [5.41, 5.74) is 12.5. The zero-order valence-electron chi connectivity index (χ0n) is 33.6. The number of aromatic nitrogens is 3. The molecule has 0 aliphatic heterocycles. The van der Waals surface area contributed by atoms with Gasteiger partial charge in [0.05, 0.1) is 16.9 Å². The minimum Gasteiger partial charge on any atom is -0.507 e. The zero-order chi connectivity index (χ0) is 40.0. The van der Waals surface area contributed by atoms with Gasteiger partial charge in [0.2, 0.25) is 0 Å². The first-order valence-electron chi connectivity index (χ1n) is 20.1. The number of rotatable bonds is 5. The summed E-state index contributed by atoms with van der Waals surface area (Å²) in [6.45, 7) is 9.35. The van der Waals surface area contributed by atoms with Crippen LogP contribution >= 0.6 is 0 Å². The maximum absolute atomic E-state index is 12.0. The summed E-state index contributed by atoms with van der Waals surface area (Å²) in [5.74, 6) is 0.659. The molecule has 0 saturated heterocycles. The van der Waals surface area contributed by atoms with Crippen LogP contribution in [0.4, 0.5) is 0 Å². The molecule has 5 nitrogen and oxygen atoms in total. The van der Waals surface area contributed by atoms with Gasteiger partial charge < -0.3 is 9.52 Å². The Hall–Kier alpha value is -6.55. The summed E-state index contributed by atoms with van der Waals surface area (Å²) in [6.07, 6.45) is 2.11. The molecule has 1 aliphatic carbocycles. The quantitative estimate of drug-likeness (QED) is 0.175. The molecule has 0 amide bonds.